The van der Waals surface area contributed by atoms with Gasteiger partial charge in [-0.1, -0.05) is 13.0 Å². The lowest BCUT2D eigenvalue weighted by atomic mass is 10.1. The van der Waals surface area contributed by atoms with Gasteiger partial charge in [-0.3, -0.25) is 4.68 Å². The summed E-state index contributed by atoms with van der Waals surface area (Å²) in [5, 5.41) is 9.04. The third-order valence-electron chi connectivity index (χ3n) is 3.48. The van der Waals surface area contributed by atoms with Gasteiger partial charge in [0.15, 0.2) is 0 Å². The second-order valence-corrected chi connectivity index (χ2v) is 6.24. The third kappa shape index (κ3) is 3.14. The molecule has 0 aliphatic rings. The zero-order chi connectivity index (χ0) is 14.8. The Morgan fingerprint density at radius 3 is 2.90 bits per heavy atom. The van der Waals surface area contributed by atoms with Gasteiger partial charge >= 0.3 is 0 Å². The molecule has 21 heavy (non-hydrogen) atoms. The average Bonchev–Trinajstić information content (AvgIpc) is 3.04. The van der Waals surface area contributed by atoms with E-state index in [9.17, 15) is 4.39 Å². The van der Waals surface area contributed by atoms with Crippen LogP contribution in [0.4, 0.5) is 4.39 Å². The van der Waals surface area contributed by atoms with E-state index >= 15 is 0 Å². The van der Waals surface area contributed by atoms with Crippen LogP contribution < -0.4 is 5.32 Å². The molecule has 0 radical (unpaired) electrons. The Morgan fingerprint density at radius 1 is 1.33 bits per heavy atom. The molecule has 1 N–H and O–H groups in total. The Hall–Kier alpha value is -1.72. The van der Waals surface area contributed by atoms with Crippen molar-refractivity contribution < 1.29 is 4.39 Å². The van der Waals surface area contributed by atoms with E-state index in [1.165, 1.54) is 10.9 Å². The van der Waals surface area contributed by atoms with Crippen LogP contribution in [0.15, 0.2) is 36.5 Å². The van der Waals surface area contributed by atoms with Crippen LogP contribution in [0.1, 0.15) is 23.5 Å². The van der Waals surface area contributed by atoms with Crippen molar-refractivity contribution in [2.24, 2.45) is 7.05 Å². The molecule has 0 saturated heterocycles. The van der Waals surface area contributed by atoms with Crippen LogP contribution in [0.3, 0.4) is 0 Å². The fraction of sp³-hybridized carbons (Fsp3) is 0.312. The van der Waals surface area contributed by atoms with Gasteiger partial charge in [0, 0.05) is 35.3 Å². The fourth-order valence-corrected chi connectivity index (χ4v) is 3.66. The minimum atomic E-state index is -0.180. The summed E-state index contributed by atoms with van der Waals surface area (Å²) in [6.07, 6.45) is 2.79. The zero-order valence-corrected chi connectivity index (χ0v) is 13.0. The Bertz CT molecular complexity index is 747. The molecule has 3 aromatic rings. The Kier molecular flexibility index (Phi) is 4.03. The maximum Gasteiger partial charge on any atom is 0.124 e. The molecule has 0 aliphatic heterocycles. The van der Waals surface area contributed by atoms with Crippen LogP contribution in [0.2, 0.25) is 0 Å². The standard InChI is InChI=1S/C16H18FN3S/c1-3-18-14(10-13-6-7-20(2)19-13)16-8-11-4-5-12(17)9-15(11)21-16/h4-9,14,18H,3,10H2,1-2H3. The van der Waals surface area contributed by atoms with Crippen molar-refractivity contribution in [2.45, 2.75) is 19.4 Å². The van der Waals surface area contributed by atoms with Crippen LogP contribution in [0, 0.1) is 5.82 Å². The number of nitrogens with one attached hydrogen (secondary N) is 1. The molecule has 0 aliphatic carbocycles. The first kappa shape index (κ1) is 14.2. The van der Waals surface area contributed by atoms with E-state index < -0.39 is 0 Å². The highest BCUT2D eigenvalue weighted by Crippen LogP contribution is 2.31. The maximum absolute atomic E-state index is 13.3. The molecule has 1 aromatic carbocycles. The van der Waals surface area contributed by atoms with Crippen LogP contribution >= 0.6 is 11.3 Å². The number of hydrogen-bond donors (Lipinski definition) is 1. The van der Waals surface area contributed by atoms with E-state index in [4.69, 9.17) is 0 Å². The van der Waals surface area contributed by atoms with Crippen molar-refractivity contribution in [3.63, 3.8) is 0 Å². The number of likely N-dealkylation sites (N-methyl/N-ethyl adjacent to an activating group) is 1. The number of nitrogens with zero attached hydrogens (tertiary/aromatic N) is 2. The van der Waals surface area contributed by atoms with Gasteiger partial charge in [0.25, 0.3) is 0 Å². The van der Waals surface area contributed by atoms with Crippen molar-refractivity contribution in [1.29, 1.82) is 0 Å². The number of benzene rings is 1. The summed E-state index contributed by atoms with van der Waals surface area (Å²) in [4.78, 5) is 1.23. The highest BCUT2D eigenvalue weighted by atomic mass is 32.1. The number of thiophene rings is 1. The second kappa shape index (κ2) is 5.95. The first-order valence-electron chi connectivity index (χ1n) is 7.06. The van der Waals surface area contributed by atoms with Gasteiger partial charge in [0.2, 0.25) is 0 Å². The molecule has 110 valence electrons. The normalized spacial score (nSPS) is 12.9. The lowest BCUT2D eigenvalue weighted by Gasteiger charge is -2.14. The molecular weight excluding hydrogens is 285 g/mol. The molecule has 5 heteroatoms. The molecule has 2 aromatic heterocycles. The average molecular weight is 303 g/mol. The number of rotatable bonds is 5. The summed E-state index contributed by atoms with van der Waals surface area (Å²) in [5.41, 5.74) is 1.06. The number of hydrogen-bond acceptors (Lipinski definition) is 3. The zero-order valence-electron chi connectivity index (χ0n) is 12.1. The van der Waals surface area contributed by atoms with Crippen LogP contribution in [-0.2, 0) is 13.5 Å². The second-order valence-electron chi connectivity index (χ2n) is 5.13. The molecule has 0 fully saturated rings. The topological polar surface area (TPSA) is 29.9 Å². The summed E-state index contributed by atoms with van der Waals surface area (Å²) in [5.74, 6) is -0.180. The van der Waals surface area contributed by atoms with Gasteiger partial charge in [-0.05, 0) is 36.2 Å². The van der Waals surface area contributed by atoms with Gasteiger partial charge in [0.1, 0.15) is 5.82 Å². The Labute approximate surface area is 127 Å². The first-order chi connectivity index (χ1) is 10.2. The van der Waals surface area contributed by atoms with Crippen LogP contribution in [0.25, 0.3) is 10.1 Å². The smallest absolute Gasteiger partial charge is 0.124 e. The summed E-state index contributed by atoms with van der Waals surface area (Å²) in [7, 11) is 1.92. The minimum absolute atomic E-state index is 0.180. The predicted octanol–water partition coefficient (Wildman–Crippen LogP) is 3.67. The van der Waals surface area contributed by atoms with Crippen molar-refractivity contribution in [3.8, 4) is 0 Å². The molecule has 0 saturated carbocycles. The fourth-order valence-electron chi connectivity index (χ4n) is 2.50. The van der Waals surface area contributed by atoms with E-state index in [0.717, 1.165) is 28.7 Å². The van der Waals surface area contributed by atoms with Crippen molar-refractivity contribution in [2.75, 3.05) is 6.54 Å². The van der Waals surface area contributed by atoms with Gasteiger partial charge in [-0.15, -0.1) is 11.3 Å². The van der Waals surface area contributed by atoms with Gasteiger partial charge < -0.3 is 5.32 Å². The van der Waals surface area contributed by atoms with E-state index in [0.29, 0.717) is 0 Å². The van der Waals surface area contributed by atoms with Crippen molar-refractivity contribution in [1.82, 2.24) is 15.1 Å². The van der Waals surface area contributed by atoms with E-state index in [-0.39, 0.29) is 11.9 Å². The maximum atomic E-state index is 13.3. The Morgan fingerprint density at radius 2 is 2.19 bits per heavy atom. The van der Waals surface area contributed by atoms with Gasteiger partial charge in [-0.2, -0.15) is 5.10 Å². The lowest BCUT2D eigenvalue weighted by Crippen LogP contribution is -2.22. The van der Waals surface area contributed by atoms with E-state index in [2.05, 4.69) is 23.4 Å². The molecule has 3 rings (SSSR count). The first-order valence-corrected chi connectivity index (χ1v) is 7.88. The summed E-state index contributed by atoms with van der Waals surface area (Å²) < 4.78 is 16.1. The number of halogens is 1. The number of fused-ring (bicyclic) bond motifs is 1. The number of aryl methyl sites for hydroxylation is 1. The van der Waals surface area contributed by atoms with Gasteiger partial charge in [0.05, 0.1) is 5.69 Å². The molecule has 0 spiro atoms. The summed E-state index contributed by atoms with van der Waals surface area (Å²) >= 11 is 1.65. The molecule has 1 atom stereocenters. The van der Waals surface area contributed by atoms with Crippen molar-refractivity contribution >= 4 is 21.4 Å². The van der Waals surface area contributed by atoms with Crippen LogP contribution in [0.5, 0.6) is 0 Å². The van der Waals surface area contributed by atoms with Gasteiger partial charge in [-0.25, -0.2) is 4.39 Å². The van der Waals surface area contributed by atoms with Crippen molar-refractivity contribution in [3.05, 3.63) is 52.9 Å². The monoisotopic (exact) mass is 303 g/mol. The third-order valence-corrected chi connectivity index (χ3v) is 4.69. The quantitative estimate of drug-likeness (QED) is 0.779. The Balaban J connectivity index is 1.90. The van der Waals surface area contributed by atoms with E-state index in [1.807, 2.05) is 30.1 Å². The summed E-state index contributed by atoms with van der Waals surface area (Å²) in [6, 6.07) is 9.36. The molecule has 2 heterocycles. The molecule has 0 amide bonds. The molecule has 1 unspecified atom stereocenters. The highest BCUT2D eigenvalue weighted by Gasteiger charge is 2.16. The largest absolute Gasteiger partial charge is 0.309 e. The molecular formula is C16H18FN3S. The SMILES string of the molecule is CCNC(Cc1ccn(C)n1)c1cc2ccc(F)cc2s1. The number of aromatic nitrogens is 2. The summed E-state index contributed by atoms with van der Waals surface area (Å²) in [6.45, 7) is 2.98. The molecule has 3 nitrogen and oxygen atoms in total. The molecule has 0 bridgehead atoms. The predicted molar refractivity (Wildman–Crippen MR) is 85.1 cm³/mol. The highest BCUT2D eigenvalue weighted by molar-refractivity contribution is 7.19. The minimum Gasteiger partial charge on any atom is -0.309 e. The van der Waals surface area contributed by atoms with E-state index in [1.54, 1.807) is 17.4 Å². The van der Waals surface area contributed by atoms with Crippen LogP contribution in [-0.4, -0.2) is 16.3 Å². The lowest BCUT2D eigenvalue weighted by molar-refractivity contribution is 0.548.